The Morgan fingerprint density at radius 3 is 2.24 bits per heavy atom. The van der Waals surface area contributed by atoms with E-state index in [0.29, 0.717) is 5.92 Å². The average molecular weight is 904 g/mol. The topological polar surface area (TPSA) is 43.9 Å². The Morgan fingerprint density at radius 1 is 0.815 bits per heavy atom. The zero-order valence-corrected chi connectivity index (χ0v) is 36.0. The SMILES string of the molecule is CC(C)Cc1cc(-c2[c-]cc(C(C)(C)C)cc2)ncc1[Si](C)(C)C.[Ir].[c-]1ccc2c(oc3ccccc32)c1-c1nc2ccccc2n1Cc1ccccc1. The summed E-state index contributed by atoms with van der Waals surface area (Å²) in [4.78, 5) is 9.75. The summed E-state index contributed by atoms with van der Waals surface area (Å²) in [7, 11) is -1.38. The first-order valence-corrected chi connectivity index (χ1v) is 22.2. The third kappa shape index (κ3) is 8.37. The smallest absolute Gasteiger partial charge is 0.120 e. The maximum absolute atomic E-state index is 6.25. The van der Waals surface area contributed by atoms with Crippen molar-refractivity contribution in [1.82, 2.24) is 14.5 Å². The van der Waals surface area contributed by atoms with Gasteiger partial charge in [0.1, 0.15) is 5.58 Å². The van der Waals surface area contributed by atoms with E-state index in [2.05, 4.69) is 156 Å². The molecule has 1 radical (unpaired) electrons. The van der Waals surface area contributed by atoms with Crippen molar-refractivity contribution in [2.24, 2.45) is 5.92 Å². The third-order valence-corrected chi connectivity index (χ3v) is 11.8. The fourth-order valence-electron chi connectivity index (χ4n) is 7.03. The summed E-state index contributed by atoms with van der Waals surface area (Å²) in [5, 5.41) is 3.70. The van der Waals surface area contributed by atoms with Gasteiger partial charge in [-0.3, -0.25) is 4.98 Å². The van der Waals surface area contributed by atoms with E-state index in [9.17, 15) is 0 Å². The van der Waals surface area contributed by atoms with E-state index < -0.39 is 8.07 Å². The van der Waals surface area contributed by atoms with Crippen LogP contribution in [0.15, 0.2) is 126 Å². The van der Waals surface area contributed by atoms with Crippen LogP contribution in [0, 0.1) is 18.1 Å². The Morgan fingerprint density at radius 2 is 1.54 bits per heavy atom. The molecule has 0 N–H and O–H groups in total. The van der Waals surface area contributed by atoms with E-state index >= 15 is 0 Å². The first-order valence-electron chi connectivity index (χ1n) is 18.7. The second-order valence-electron chi connectivity index (χ2n) is 16.5. The van der Waals surface area contributed by atoms with Crippen LogP contribution >= 0.6 is 0 Å². The van der Waals surface area contributed by atoms with Crippen LogP contribution in [0.5, 0.6) is 0 Å². The van der Waals surface area contributed by atoms with Gasteiger partial charge in [-0.2, -0.15) is 0 Å². The number of hydrogen-bond donors (Lipinski definition) is 0. The van der Waals surface area contributed by atoms with Gasteiger partial charge in [-0.1, -0.05) is 138 Å². The van der Waals surface area contributed by atoms with Crippen molar-refractivity contribution in [1.29, 1.82) is 0 Å². The number of furan rings is 1. The van der Waals surface area contributed by atoms with E-state index in [-0.39, 0.29) is 25.5 Å². The zero-order valence-electron chi connectivity index (χ0n) is 32.6. The number of para-hydroxylation sites is 3. The van der Waals surface area contributed by atoms with Crippen molar-refractivity contribution in [3.8, 4) is 22.6 Å². The van der Waals surface area contributed by atoms with Crippen molar-refractivity contribution >= 4 is 46.2 Å². The normalized spacial score (nSPS) is 11.9. The molecule has 0 aliphatic carbocycles. The van der Waals surface area contributed by atoms with Gasteiger partial charge in [0.05, 0.1) is 30.5 Å². The summed E-state index contributed by atoms with van der Waals surface area (Å²) in [5.74, 6) is 1.53. The Hall–Kier alpha value is -4.61. The molecule has 8 rings (SSSR count). The predicted octanol–water partition coefficient (Wildman–Crippen LogP) is 12.0. The molecule has 3 aromatic heterocycles. The molecular weight excluding hydrogens is 855 g/mol. The van der Waals surface area contributed by atoms with Crippen LogP contribution in [-0.2, 0) is 38.5 Å². The Labute approximate surface area is 335 Å². The first kappa shape index (κ1) is 39.1. The molecule has 0 atom stereocenters. The summed E-state index contributed by atoms with van der Waals surface area (Å²) in [6, 6.07) is 46.5. The van der Waals surface area contributed by atoms with E-state index in [1.165, 1.54) is 21.9 Å². The van der Waals surface area contributed by atoms with Gasteiger partial charge in [0, 0.05) is 38.2 Å². The molecule has 4 nitrogen and oxygen atoms in total. The molecule has 0 saturated heterocycles. The molecule has 0 bridgehead atoms. The fraction of sp³-hybridized carbons (Fsp3) is 0.250. The zero-order chi connectivity index (χ0) is 37.3. The molecule has 0 spiro atoms. The summed E-state index contributed by atoms with van der Waals surface area (Å²) in [6.07, 6.45) is 3.25. The van der Waals surface area contributed by atoms with Crippen molar-refractivity contribution in [3.05, 3.63) is 150 Å². The van der Waals surface area contributed by atoms with Crippen LogP contribution in [0.25, 0.3) is 55.6 Å². The molecule has 3 heterocycles. The van der Waals surface area contributed by atoms with E-state index in [0.717, 1.165) is 68.6 Å². The van der Waals surface area contributed by atoms with Gasteiger partial charge in [0.25, 0.3) is 0 Å². The van der Waals surface area contributed by atoms with Crippen LogP contribution in [-0.4, -0.2) is 22.6 Å². The van der Waals surface area contributed by atoms with Crippen LogP contribution < -0.4 is 5.19 Å². The Kier molecular flexibility index (Phi) is 11.6. The maximum atomic E-state index is 6.25. The third-order valence-electron chi connectivity index (χ3n) is 9.78. The Bertz CT molecular complexity index is 2500. The molecule has 0 unspecified atom stereocenters. The number of pyridine rings is 1. The number of benzene rings is 5. The molecule has 6 heteroatoms. The number of fused-ring (bicyclic) bond motifs is 4. The summed E-state index contributed by atoms with van der Waals surface area (Å²) in [5.41, 5.74) is 11.0. The minimum atomic E-state index is -1.38. The second-order valence-corrected chi connectivity index (χ2v) is 21.5. The van der Waals surface area contributed by atoms with E-state index in [1.807, 2.05) is 36.4 Å². The molecule has 0 saturated carbocycles. The number of rotatable bonds is 7. The van der Waals surface area contributed by atoms with Crippen LogP contribution in [0.4, 0.5) is 0 Å². The predicted molar refractivity (Wildman–Crippen MR) is 226 cm³/mol. The number of nitrogens with zero attached hydrogens (tertiary/aromatic N) is 3. The fourth-order valence-corrected chi connectivity index (χ4v) is 8.62. The molecule has 54 heavy (non-hydrogen) atoms. The van der Waals surface area contributed by atoms with Crippen molar-refractivity contribution < 1.29 is 24.5 Å². The molecular formula is C48H49IrN3OSi-2. The Balaban J connectivity index is 0.000000185. The summed E-state index contributed by atoms with van der Waals surface area (Å²) in [6.45, 7) is 19.2. The quantitative estimate of drug-likeness (QED) is 0.118. The largest absolute Gasteiger partial charge is 0.501 e. The van der Waals surface area contributed by atoms with Crippen LogP contribution in [0.3, 0.4) is 0 Å². The van der Waals surface area contributed by atoms with Crippen molar-refractivity contribution in [3.63, 3.8) is 0 Å². The van der Waals surface area contributed by atoms with Gasteiger partial charge >= 0.3 is 0 Å². The minimum absolute atomic E-state index is 0. The maximum Gasteiger partial charge on any atom is 0.120 e. The van der Waals surface area contributed by atoms with Gasteiger partial charge in [0.2, 0.25) is 0 Å². The second kappa shape index (κ2) is 16.0. The van der Waals surface area contributed by atoms with Crippen molar-refractivity contribution in [2.45, 2.75) is 72.6 Å². The standard InChI is InChI=1S/C26H17N2O.C22H32NSi.Ir/c1-2-9-18(10-3-1)17-28-23-15-6-5-14-22(23)27-26(28)21-13-8-12-20-19-11-4-7-16-24(19)29-25(20)21;1-16(2)13-18-14-20(23-15-21(18)24(6,7)8)17-9-11-19(12-10-17)22(3,4)5;/h1-12,14-16H,17H2;9,11-12,14-16H,13H2,1-8H3;/q2*-1;. The number of hydrogen-bond acceptors (Lipinski definition) is 3. The molecule has 8 aromatic rings. The summed E-state index contributed by atoms with van der Waals surface area (Å²) >= 11 is 0. The van der Waals surface area contributed by atoms with Gasteiger partial charge in [-0.15, -0.1) is 53.6 Å². The minimum Gasteiger partial charge on any atom is -0.501 e. The molecule has 277 valence electrons. The molecule has 5 aromatic carbocycles. The van der Waals surface area contributed by atoms with E-state index in [4.69, 9.17) is 14.4 Å². The van der Waals surface area contributed by atoms with Crippen molar-refractivity contribution in [2.75, 3.05) is 0 Å². The number of imidazole rings is 1. The monoisotopic (exact) mass is 904 g/mol. The van der Waals surface area contributed by atoms with Gasteiger partial charge in [-0.25, -0.2) is 0 Å². The van der Waals surface area contributed by atoms with E-state index in [1.54, 1.807) is 0 Å². The summed E-state index contributed by atoms with van der Waals surface area (Å²) < 4.78 is 8.51. The average Bonchev–Trinajstić information content (AvgIpc) is 3.70. The molecule has 0 fully saturated rings. The van der Waals surface area contributed by atoms with Gasteiger partial charge in [-0.05, 0) is 52.4 Å². The first-order chi connectivity index (χ1) is 25.4. The molecule has 0 aliphatic heterocycles. The van der Waals surface area contributed by atoms with Gasteiger partial charge < -0.3 is 14.0 Å². The molecule has 0 amide bonds. The van der Waals surface area contributed by atoms with Crippen LogP contribution in [0.2, 0.25) is 19.6 Å². The van der Waals surface area contributed by atoms with Gasteiger partial charge in [0.15, 0.2) is 0 Å². The molecule has 0 aliphatic rings. The number of aromatic nitrogens is 3. The van der Waals surface area contributed by atoms with Crippen LogP contribution in [0.1, 0.15) is 51.3 Å².